The van der Waals surface area contributed by atoms with Crippen LogP contribution >= 0.6 is 0 Å². The minimum atomic E-state index is -0.725. The van der Waals surface area contributed by atoms with Gasteiger partial charge in [-0.25, -0.2) is 9.59 Å². The van der Waals surface area contributed by atoms with Crippen LogP contribution < -0.4 is 16.2 Å². The quantitative estimate of drug-likeness (QED) is 0.303. The fourth-order valence-corrected chi connectivity index (χ4v) is 4.04. The first-order chi connectivity index (χ1) is 18.0. The molecule has 3 N–H and O–H groups in total. The number of aromatic amines is 1. The monoisotopic (exact) mass is 525 g/mol. The maximum atomic E-state index is 12.8. The molecule has 1 amide bonds. The maximum Gasteiger partial charge on any atom is 0.408 e. The number of fused-ring (bicyclic) bond motifs is 4. The van der Waals surface area contributed by atoms with E-state index >= 15 is 0 Å². The van der Waals surface area contributed by atoms with Crippen molar-refractivity contribution in [3.8, 4) is 11.1 Å². The van der Waals surface area contributed by atoms with E-state index in [1.54, 1.807) is 52.0 Å². The van der Waals surface area contributed by atoms with Crippen LogP contribution in [0.4, 0.5) is 10.5 Å². The van der Waals surface area contributed by atoms with Crippen LogP contribution in [-0.4, -0.2) is 48.4 Å². The fourth-order valence-electron chi connectivity index (χ4n) is 4.04. The number of anilines is 1. The molecule has 1 aliphatic heterocycles. The summed E-state index contributed by atoms with van der Waals surface area (Å²) >= 11 is 0. The molecular weight excluding hydrogens is 490 g/mol. The summed E-state index contributed by atoms with van der Waals surface area (Å²) in [5.41, 5.74) is 1.87. The first-order valence-electron chi connectivity index (χ1n) is 12.5. The van der Waals surface area contributed by atoms with Crippen LogP contribution in [0.25, 0.3) is 11.1 Å². The number of rotatable bonds is 5. The number of aromatic nitrogens is 1. The Balaban J connectivity index is 2.12. The molecule has 2 aromatic rings. The number of amides is 1. The summed E-state index contributed by atoms with van der Waals surface area (Å²) in [4.78, 5) is 52.8. The van der Waals surface area contributed by atoms with Crippen LogP contribution in [0, 0.1) is 0 Å². The molecule has 0 aliphatic carbocycles. The van der Waals surface area contributed by atoms with Crippen LogP contribution in [0.15, 0.2) is 47.3 Å². The number of nitrogens with one attached hydrogen (secondary N) is 3. The van der Waals surface area contributed by atoms with Gasteiger partial charge in [-0.3, -0.25) is 9.59 Å². The maximum absolute atomic E-state index is 12.8. The summed E-state index contributed by atoms with van der Waals surface area (Å²) in [5, 5.41) is 6.09. The molecule has 2 unspecified atom stereocenters. The van der Waals surface area contributed by atoms with Gasteiger partial charge < -0.3 is 29.8 Å². The molecule has 0 fully saturated rings. The molecule has 1 aliphatic rings. The zero-order chi connectivity index (χ0) is 27.9. The molecule has 0 saturated carbocycles. The first-order valence-corrected chi connectivity index (χ1v) is 12.5. The Hall–Kier alpha value is -4.08. The Kier molecular flexibility index (Phi) is 9.33. The second-order valence-electron chi connectivity index (χ2n) is 9.91. The lowest BCUT2D eigenvalue weighted by molar-refractivity contribution is -0.144. The summed E-state index contributed by atoms with van der Waals surface area (Å²) in [6.45, 7) is 7.25. The number of ether oxygens (including phenoxy) is 3. The average Bonchev–Trinajstić information content (AvgIpc) is 2.83. The lowest BCUT2D eigenvalue weighted by Crippen LogP contribution is -2.35. The lowest BCUT2D eigenvalue weighted by atomic mass is 9.97. The SMILES string of the molecule is CCOC(=O)C1CC=CCC(NC(=O)OC(C)(C)C)c2cc(cc(=O)[nH]2)-c2ccc(CC(=O)OC)cc2N1. The van der Waals surface area contributed by atoms with E-state index in [4.69, 9.17) is 14.2 Å². The van der Waals surface area contributed by atoms with Crippen molar-refractivity contribution in [2.45, 2.75) is 64.6 Å². The van der Waals surface area contributed by atoms with Crippen molar-refractivity contribution in [1.82, 2.24) is 10.3 Å². The van der Waals surface area contributed by atoms with Gasteiger partial charge in [0.1, 0.15) is 11.6 Å². The highest BCUT2D eigenvalue weighted by Gasteiger charge is 2.24. The number of H-pyrrole nitrogens is 1. The molecule has 1 aromatic heterocycles. The Morgan fingerprint density at radius 3 is 2.50 bits per heavy atom. The van der Waals surface area contributed by atoms with E-state index in [9.17, 15) is 19.2 Å². The van der Waals surface area contributed by atoms with Gasteiger partial charge in [0.05, 0.1) is 26.2 Å². The molecule has 2 heterocycles. The molecule has 0 spiro atoms. The number of pyridine rings is 1. The summed E-state index contributed by atoms with van der Waals surface area (Å²) in [6.07, 6.45) is 3.73. The summed E-state index contributed by atoms with van der Waals surface area (Å²) in [7, 11) is 1.32. The number of carbonyl (C=O) groups is 3. The predicted octanol–water partition coefficient (Wildman–Crippen LogP) is 4.02. The second-order valence-corrected chi connectivity index (χ2v) is 9.91. The predicted molar refractivity (Wildman–Crippen MR) is 143 cm³/mol. The highest BCUT2D eigenvalue weighted by Crippen LogP contribution is 2.32. The molecule has 0 saturated heterocycles. The van der Waals surface area contributed by atoms with E-state index in [-0.39, 0.29) is 18.6 Å². The zero-order valence-corrected chi connectivity index (χ0v) is 22.4. The molecule has 3 rings (SSSR count). The number of methoxy groups -OCH3 is 1. The molecule has 2 atom stereocenters. The van der Waals surface area contributed by atoms with Gasteiger partial charge in [0.15, 0.2) is 0 Å². The summed E-state index contributed by atoms with van der Waals surface area (Å²) in [5.74, 6) is -0.842. The number of carbonyl (C=O) groups excluding carboxylic acids is 3. The molecule has 0 radical (unpaired) electrons. The molecule has 38 heavy (non-hydrogen) atoms. The standard InChI is InChI=1S/C28H35N3O7/c1-6-37-26(34)21-10-8-7-9-20(31-27(35)38-28(2,3)4)23-15-18(16-24(32)30-23)19-12-11-17(13-22(19)29-21)14-25(33)36-5/h7-8,11-13,15-16,20-21,29H,6,9-10,14H2,1-5H3,(H,30,32)(H,31,35). The Labute approximate surface area is 221 Å². The summed E-state index contributed by atoms with van der Waals surface area (Å²) in [6, 6.07) is 7.19. The Morgan fingerprint density at radius 1 is 1.08 bits per heavy atom. The van der Waals surface area contributed by atoms with Gasteiger partial charge in [-0.15, -0.1) is 0 Å². The van der Waals surface area contributed by atoms with Crippen molar-refractivity contribution in [1.29, 1.82) is 0 Å². The van der Waals surface area contributed by atoms with Crippen molar-refractivity contribution >= 4 is 23.7 Å². The van der Waals surface area contributed by atoms with E-state index in [0.29, 0.717) is 40.9 Å². The van der Waals surface area contributed by atoms with Gasteiger partial charge in [-0.1, -0.05) is 24.3 Å². The number of benzene rings is 1. The van der Waals surface area contributed by atoms with Crippen molar-refractivity contribution in [3.05, 3.63) is 64.1 Å². The van der Waals surface area contributed by atoms with Gasteiger partial charge in [0.25, 0.3) is 0 Å². The molecular formula is C28H35N3O7. The molecule has 10 nitrogen and oxygen atoms in total. The van der Waals surface area contributed by atoms with Gasteiger partial charge in [-0.05, 0) is 63.8 Å². The van der Waals surface area contributed by atoms with Crippen LogP contribution in [0.5, 0.6) is 0 Å². The fraction of sp³-hybridized carbons (Fsp3) is 0.429. The number of alkyl carbamates (subject to hydrolysis) is 1. The van der Waals surface area contributed by atoms with Crippen LogP contribution in [0.2, 0.25) is 0 Å². The van der Waals surface area contributed by atoms with Crippen molar-refractivity contribution in [2.24, 2.45) is 0 Å². The molecule has 204 valence electrons. The topological polar surface area (TPSA) is 136 Å². The molecule has 10 heteroatoms. The average molecular weight is 526 g/mol. The molecule has 1 aromatic carbocycles. The Bertz CT molecular complexity index is 1260. The van der Waals surface area contributed by atoms with E-state index in [0.717, 1.165) is 0 Å². The van der Waals surface area contributed by atoms with E-state index in [2.05, 4.69) is 15.6 Å². The van der Waals surface area contributed by atoms with Crippen LogP contribution in [-0.2, 0) is 30.2 Å². The summed E-state index contributed by atoms with van der Waals surface area (Å²) < 4.78 is 15.5. The highest BCUT2D eigenvalue weighted by atomic mass is 16.6. The minimum absolute atomic E-state index is 0.0396. The van der Waals surface area contributed by atoms with Gasteiger partial charge in [-0.2, -0.15) is 0 Å². The van der Waals surface area contributed by atoms with Crippen LogP contribution in [0.1, 0.15) is 57.8 Å². The Morgan fingerprint density at radius 2 is 1.82 bits per heavy atom. The van der Waals surface area contributed by atoms with E-state index < -0.39 is 35.7 Å². The molecule has 2 bridgehead atoms. The minimum Gasteiger partial charge on any atom is -0.469 e. The van der Waals surface area contributed by atoms with Crippen LogP contribution in [0.3, 0.4) is 0 Å². The third-order valence-corrected chi connectivity index (χ3v) is 5.71. The van der Waals surface area contributed by atoms with Crippen molar-refractivity contribution in [3.63, 3.8) is 0 Å². The zero-order valence-electron chi connectivity index (χ0n) is 22.4. The number of hydrogen-bond acceptors (Lipinski definition) is 8. The third-order valence-electron chi connectivity index (χ3n) is 5.71. The lowest BCUT2D eigenvalue weighted by Gasteiger charge is -2.24. The highest BCUT2D eigenvalue weighted by molar-refractivity contribution is 5.85. The second kappa shape index (κ2) is 12.4. The first kappa shape index (κ1) is 28.5. The van der Waals surface area contributed by atoms with Crippen molar-refractivity contribution in [2.75, 3.05) is 19.0 Å². The smallest absolute Gasteiger partial charge is 0.408 e. The largest absolute Gasteiger partial charge is 0.469 e. The van der Waals surface area contributed by atoms with Gasteiger partial charge in [0, 0.05) is 23.0 Å². The van der Waals surface area contributed by atoms with E-state index in [1.165, 1.54) is 13.2 Å². The van der Waals surface area contributed by atoms with E-state index in [1.807, 2.05) is 12.2 Å². The normalized spacial score (nSPS) is 17.1. The number of esters is 2. The third kappa shape index (κ3) is 7.96. The van der Waals surface area contributed by atoms with Gasteiger partial charge in [0.2, 0.25) is 5.56 Å². The number of hydrogen-bond donors (Lipinski definition) is 3. The van der Waals surface area contributed by atoms with Gasteiger partial charge >= 0.3 is 18.0 Å². The van der Waals surface area contributed by atoms with Crippen molar-refractivity contribution < 1.29 is 28.6 Å².